The summed E-state index contributed by atoms with van der Waals surface area (Å²) in [7, 11) is -3.20. The molecule has 0 bridgehead atoms. The van der Waals surface area contributed by atoms with Gasteiger partial charge in [-0.05, 0) is 38.1 Å². The number of hydrogen-bond donors (Lipinski definition) is 2. The van der Waals surface area contributed by atoms with Crippen molar-refractivity contribution in [1.82, 2.24) is 5.32 Å². The normalized spacial score (nSPS) is 16.8. The SMILES string of the molecule is CCS(=O)(=O)c1ccccc1NCCOC1CCNCC1. The smallest absolute Gasteiger partial charge is 0.180 e. The summed E-state index contributed by atoms with van der Waals surface area (Å²) >= 11 is 0. The summed E-state index contributed by atoms with van der Waals surface area (Å²) in [6.07, 6.45) is 2.41. The van der Waals surface area contributed by atoms with E-state index in [1.165, 1.54) is 0 Å². The monoisotopic (exact) mass is 312 g/mol. The third-order valence-electron chi connectivity index (χ3n) is 3.66. The molecule has 0 radical (unpaired) electrons. The van der Waals surface area contributed by atoms with Crippen LogP contribution in [0.5, 0.6) is 0 Å². The van der Waals surface area contributed by atoms with Crippen LogP contribution in [-0.2, 0) is 14.6 Å². The van der Waals surface area contributed by atoms with Crippen molar-refractivity contribution in [3.05, 3.63) is 24.3 Å². The number of sulfone groups is 1. The average molecular weight is 312 g/mol. The lowest BCUT2D eigenvalue weighted by Gasteiger charge is -2.23. The van der Waals surface area contributed by atoms with Crippen LogP contribution in [0, 0.1) is 0 Å². The van der Waals surface area contributed by atoms with Gasteiger partial charge in [-0.1, -0.05) is 19.1 Å². The molecule has 1 aromatic carbocycles. The molecule has 21 heavy (non-hydrogen) atoms. The van der Waals surface area contributed by atoms with Crippen LogP contribution in [0.2, 0.25) is 0 Å². The zero-order valence-corrected chi connectivity index (χ0v) is 13.3. The summed E-state index contributed by atoms with van der Waals surface area (Å²) in [5.41, 5.74) is 0.660. The lowest BCUT2D eigenvalue weighted by atomic mass is 10.1. The minimum Gasteiger partial charge on any atom is -0.382 e. The van der Waals surface area contributed by atoms with Gasteiger partial charge < -0.3 is 15.4 Å². The Kier molecular flexibility index (Phi) is 6.02. The van der Waals surface area contributed by atoms with Crippen molar-refractivity contribution in [2.24, 2.45) is 0 Å². The number of benzene rings is 1. The fraction of sp³-hybridized carbons (Fsp3) is 0.600. The van der Waals surface area contributed by atoms with E-state index in [4.69, 9.17) is 4.74 Å². The van der Waals surface area contributed by atoms with E-state index in [-0.39, 0.29) is 5.75 Å². The van der Waals surface area contributed by atoms with Crippen molar-refractivity contribution in [1.29, 1.82) is 0 Å². The maximum absolute atomic E-state index is 12.0. The Labute approximate surface area is 127 Å². The molecule has 0 saturated carbocycles. The highest BCUT2D eigenvalue weighted by Gasteiger charge is 2.16. The van der Waals surface area contributed by atoms with Crippen LogP contribution in [0.3, 0.4) is 0 Å². The van der Waals surface area contributed by atoms with Crippen LogP contribution in [0.25, 0.3) is 0 Å². The number of ether oxygens (including phenoxy) is 1. The summed E-state index contributed by atoms with van der Waals surface area (Å²) in [5.74, 6) is 0.108. The van der Waals surface area contributed by atoms with Gasteiger partial charge in [0.1, 0.15) is 0 Å². The van der Waals surface area contributed by atoms with Gasteiger partial charge in [0.25, 0.3) is 0 Å². The molecule has 1 fully saturated rings. The molecule has 1 aliphatic heterocycles. The highest BCUT2D eigenvalue weighted by molar-refractivity contribution is 7.91. The first-order valence-corrected chi connectivity index (χ1v) is 9.16. The first-order chi connectivity index (χ1) is 10.1. The number of anilines is 1. The molecule has 118 valence electrons. The molecule has 0 amide bonds. The molecule has 0 aromatic heterocycles. The molecular formula is C15H24N2O3S. The topological polar surface area (TPSA) is 67.4 Å². The van der Waals surface area contributed by atoms with E-state index in [0.29, 0.717) is 29.8 Å². The van der Waals surface area contributed by atoms with Gasteiger partial charge in [-0.25, -0.2) is 8.42 Å². The van der Waals surface area contributed by atoms with Gasteiger partial charge in [0.15, 0.2) is 9.84 Å². The predicted octanol–water partition coefficient (Wildman–Crippen LogP) is 1.66. The van der Waals surface area contributed by atoms with Crippen molar-refractivity contribution in [2.75, 3.05) is 37.3 Å². The van der Waals surface area contributed by atoms with Crippen molar-refractivity contribution in [3.63, 3.8) is 0 Å². The van der Waals surface area contributed by atoms with E-state index in [1.54, 1.807) is 25.1 Å². The summed E-state index contributed by atoms with van der Waals surface area (Å²) in [4.78, 5) is 0.370. The molecule has 6 heteroatoms. The zero-order valence-electron chi connectivity index (χ0n) is 12.5. The second-order valence-corrected chi connectivity index (χ2v) is 7.39. The standard InChI is InChI=1S/C15H24N2O3S/c1-2-21(18,19)15-6-4-3-5-14(15)17-11-12-20-13-7-9-16-10-8-13/h3-6,13,16-17H,2,7-12H2,1H3. The number of para-hydroxylation sites is 1. The van der Waals surface area contributed by atoms with E-state index < -0.39 is 9.84 Å². The van der Waals surface area contributed by atoms with Crippen LogP contribution in [0.15, 0.2) is 29.2 Å². The highest BCUT2D eigenvalue weighted by Crippen LogP contribution is 2.21. The molecule has 5 nitrogen and oxygen atoms in total. The van der Waals surface area contributed by atoms with Crippen molar-refractivity contribution in [2.45, 2.75) is 30.8 Å². The molecule has 1 aromatic rings. The van der Waals surface area contributed by atoms with Crippen LogP contribution in [-0.4, -0.2) is 46.5 Å². The fourth-order valence-corrected chi connectivity index (χ4v) is 3.48. The average Bonchev–Trinajstić information content (AvgIpc) is 2.53. The van der Waals surface area contributed by atoms with E-state index in [1.807, 2.05) is 6.07 Å². The number of hydrogen-bond acceptors (Lipinski definition) is 5. The first kappa shape index (κ1) is 16.3. The van der Waals surface area contributed by atoms with Gasteiger partial charge in [0, 0.05) is 6.54 Å². The molecule has 2 rings (SSSR count). The Balaban J connectivity index is 1.86. The minimum absolute atomic E-state index is 0.108. The Bertz CT molecular complexity index is 540. The van der Waals surface area contributed by atoms with Crippen molar-refractivity contribution in [3.8, 4) is 0 Å². The van der Waals surface area contributed by atoms with Gasteiger partial charge in [0.05, 0.1) is 29.0 Å². The lowest BCUT2D eigenvalue weighted by molar-refractivity contribution is 0.0394. The summed E-state index contributed by atoms with van der Waals surface area (Å²) in [5, 5.41) is 6.47. The largest absolute Gasteiger partial charge is 0.382 e. The number of piperidine rings is 1. The Morgan fingerprint density at radius 1 is 1.29 bits per heavy atom. The second kappa shape index (κ2) is 7.77. The summed E-state index contributed by atoms with van der Waals surface area (Å²) in [6, 6.07) is 7.03. The third-order valence-corrected chi connectivity index (χ3v) is 5.45. The maximum atomic E-state index is 12.0. The molecule has 0 aliphatic carbocycles. The minimum atomic E-state index is -3.20. The lowest BCUT2D eigenvalue weighted by Crippen LogP contribution is -2.33. The van der Waals surface area contributed by atoms with Crippen molar-refractivity contribution < 1.29 is 13.2 Å². The van der Waals surface area contributed by atoms with E-state index in [9.17, 15) is 8.42 Å². The van der Waals surface area contributed by atoms with Crippen molar-refractivity contribution >= 4 is 15.5 Å². The van der Waals surface area contributed by atoms with Gasteiger partial charge in [0.2, 0.25) is 0 Å². The molecule has 2 N–H and O–H groups in total. The molecule has 1 heterocycles. The van der Waals surface area contributed by atoms with Crippen LogP contribution >= 0.6 is 0 Å². The zero-order chi connectivity index (χ0) is 15.1. The van der Waals surface area contributed by atoms with Gasteiger partial charge >= 0.3 is 0 Å². The number of rotatable bonds is 7. The molecule has 1 aliphatic rings. The second-order valence-electron chi connectivity index (χ2n) is 5.15. The first-order valence-electron chi connectivity index (χ1n) is 7.51. The van der Waals surface area contributed by atoms with Gasteiger partial charge in [-0.15, -0.1) is 0 Å². The van der Waals surface area contributed by atoms with E-state index in [0.717, 1.165) is 25.9 Å². The fourth-order valence-electron chi connectivity index (χ4n) is 2.41. The highest BCUT2D eigenvalue weighted by atomic mass is 32.2. The van der Waals surface area contributed by atoms with Crippen LogP contribution in [0.4, 0.5) is 5.69 Å². The Morgan fingerprint density at radius 2 is 2.00 bits per heavy atom. The Morgan fingerprint density at radius 3 is 2.71 bits per heavy atom. The molecule has 0 unspecified atom stereocenters. The predicted molar refractivity (Wildman–Crippen MR) is 84.5 cm³/mol. The maximum Gasteiger partial charge on any atom is 0.180 e. The van der Waals surface area contributed by atoms with E-state index >= 15 is 0 Å². The molecular weight excluding hydrogens is 288 g/mol. The van der Waals surface area contributed by atoms with Crippen LogP contribution < -0.4 is 10.6 Å². The molecule has 0 atom stereocenters. The van der Waals surface area contributed by atoms with Gasteiger partial charge in [-0.2, -0.15) is 0 Å². The number of nitrogens with one attached hydrogen (secondary N) is 2. The van der Waals surface area contributed by atoms with Gasteiger partial charge in [-0.3, -0.25) is 0 Å². The Hall–Kier alpha value is -1.11. The summed E-state index contributed by atoms with van der Waals surface area (Å²) < 4.78 is 29.9. The molecule has 1 saturated heterocycles. The van der Waals surface area contributed by atoms with E-state index in [2.05, 4.69) is 10.6 Å². The molecule has 0 spiro atoms. The third kappa shape index (κ3) is 4.69. The van der Waals surface area contributed by atoms with Crippen LogP contribution in [0.1, 0.15) is 19.8 Å². The quantitative estimate of drug-likeness (QED) is 0.750. The summed E-state index contributed by atoms with van der Waals surface area (Å²) in [6.45, 7) is 4.88.